The molecule has 2 aliphatic rings. The molecule has 2 N–H and O–H groups in total. The number of primary amides is 1. The second-order valence-corrected chi connectivity index (χ2v) is 8.44. The SMILES string of the molecule is N#CC(C(N)=O)C1CCC(CCN2CCN(c3ccc(Cl)cc3F)CC2)CC1. The Morgan fingerprint density at radius 2 is 1.93 bits per heavy atom. The summed E-state index contributed by atoms with van der Waals surface area (Å²) in [4.78, 5) is 15.9. The molecule has 152 valence electrons. The van der Waals surface area contributed by atoms with E-state index in [-0.39, 0.29) is 11.7 Å². The summed E-state index contributed by atoms with van der Waals surface area (Å²) < 4.78 is 14.1. The van der Waals surface area contributed by atoms with Crippen LogP contribution in [0.15, 0.2) is 18.2 Å². The number of nitriles is 1. The highest BCUT2D eigenvalue weighted by Crippen LogP contribution is 2.35. The molecule has 1 saturated heterocycles. The van der Waals surface area contributed by atoms with Crippen LogP contribution in [0.4, 0.5) is 10.1 Å². The summed E-state index contributed by atoms with van der Waals surface area (Å²) in [6, 6.07) is 6.93. The summed E-state index contributed by atoms with van der Waals surface area (Å²) in [7, 11) is 0. The second-order valence-electron chi connectivity index (χ2n) is 8.00. The first kappa shape index (κ1) is 20.9. The lowest BCUT2D eigenvalue weighted by molar-refractivity contribution is -0.122. The predicted molar refractivity (Wildman–Crippen MR) is 108 cm³/mol. The van der Waals surface area contributed by atoms with Gasteiger partial charge in [-0.05, 0) is 55.8 Å². The second kappa shape index (κ2) is 9.58. The lowest BCUT2D eigenvalue weighted by atomic mass is 9.75. The molecule has 3 rings (SSSR count). The van der Waals surface area contributed by atoms with E-state index in [1.165, 1.54) is 6.07 Å². The van der Waals surface area contributed by atoms with Crippen molar-refractivity contribution in [2.75, 3.05) is 37.6 Å². The van der Waals surface area contributed by atoms with Crippen molar-refractivity contribution in [2.24, 2.45) is 23.5 Å². The molecule has 0 spiro atoms. The predicted octanol–water partition coefficient (Wildman–Crippen LogP) is 3.42. The normalized spacial score (nSPS) is 24.5. The van der Waals surface area contributed by atoms with Gasteiger partial charge in [0.2, 0.25) is 5.91 Å². The van der Waals surface area contributed by atoms with Crippen molar-refractivity contribution in [3.63, 3.8) is 0 Å². The summed E-state index contributed by atoms with van der Waals surface area (Å²) >= 11 is 5.84. The van der Waals surface area contributed by atoms with Crippen molar-refractivity contribution in [2.45, 2.75) is 32.1 Å². The van der Waals surface area contributed by atoms with E-state index in [0.717, 1.165) is 64.8 Å². The van der Waals surface area contributed by atoms with Gasteiger partial charge in [0.15, 0.2) is 0 Å². The number of nitrogens with two attached hydrogens (primary N) is 1. The van der Waals surface area contributed by atoms with Crippen LogP contribution in [0.5, 0.6) is 0 Å². The molecule has 1 saturated carbocycles. The first-order valence-corrected chi connectivity index (χ1v) is 10.5. The molecule has 0 aromatic heterocycles. The molecule has 1 atom stereocenters. The zero-order chi connectivity index (χ0) is 20.1. The lowest BCUT2D eigenvalue weighted by Crippen LogP contribution is -2.47. The van der Waals surface area contributed by atoms with Gasteiger partial charge in [-0.1, -0.05) is 24.4 Å². The molecule has 1 aromatic carbocycles. The van der Waals surface area contributed by atoms with Crippen molar-refractivity contribution in [1.29, 1.82) is 5.26 Å². The average Bonchev–Trinajstić information content (AvgIpc) is 2.68. The molecule has 7 heteroatoms. The molecule has 1 heterocycles. The van der Waals surface area contributed by atoms with Gasteiger partial charge in [-0.15, -0.1) is 0 Å². The Morgan fingerprint density at radius 3 is 2.50 bits per heavy atom. The highest BCUT2D eigenvalue weighted by Gasteiger charge is 2.31. The van der Waals surface area contributed by atoms with E-state index in [1.807, 2.05) is 0 Å². The fraction of sp³-hybridized carbons (Fsp3) is 0.619. The molecule has 28 heavy (non-hydrogen) atoms. The smallest absolute Gasteiger partial charge is 0.235 e. The number of anilines is 1. The molecule has 1 aliphatic carbocycles. The van der Waals surface area contributed by atoms with E-state index in [1.54, 1.807) is 12.1 Å². The monoisotopic (exact) mass is 406 g/mol. The number of halogens is 2. The van der Waals surface area contributed by atoms with E-state index >= 15 is 0 Å². The van der Waals surface area contributed by atoms with Crippen LogP contribution in [0.25, 0.3) is 0 Å². The van der Waals surface area contributed by atoms with Gasteiger partial charge in [0.05, 0.1) is 11.8 Å². The maximum Gasteiger partial charge on any atom is 0.235 e. The molecular weight excluding hydrogens is 379 g/mol. The summed E-state index contributed by atoms with van der Waals surface area (Å²) in [5, 5.41) is 9.55. The van der Waals surface area contributed by atoms with Gasteiger partial charge >= 0.3 is 0 Å². The quantitative estimate of drug-likeness (QED) is 0.785. The molecule has 1 amide bonds. The maximum absolute atomic E-state index is 14.1. The standard InChI is InChI=1S/C21H28ClFN4O/c22-17-5-6-20(19(23)13-17)27-11-9-26(10-12-27)8-7-15-1-3-16(4-2-15)18(14-24)21(25)28/h5-6,13,15-16,18H,1-4,7-12H2,(H2,25,28). The summed E-state index contributed by atoms with van der Waals surface area (Å²) in [5.41, 5.74) is 5.97. The van der Waals surface area contributed by atoms with E-state index in [9.17, 15) is 9.18 Å². The van der Waals surface area contributed by atoms with Gasteiger partial charge in [0.25, 0.3) is 0 Å². The summed E-state index contributed by atoms with van der Waals surface area (Å²) in [6.45, 7) is 4.52. The molecule has 1 aliphatic heterocycles. The average molecular weight is 407 g/mol. The third-order valence-electron chi connectivity index (χ3n) is 6.28. The Labute approximate surface area is 171 Å². The Bertz CT molecular complexity index is 722. The van der Waals surface area contributed by atoms with E-state index in [4.69, 9.17) is 22.6 Å². The Hall–Kier alpha value is -1.84. The number of nitrogens with zero attached hydrogens (tertiary/aromatic N) is 3. The number of amides is 1. The summed E-state index contributed by atoms with van der Waals surface area (Å²) in [6.07, 6.45) is 5.08. The fourth-order valence-electron chi connectivity index (χ4n) is 4.53. The van der Waals surface area contributed by atoms with Crippen LogP contribution < -0.4 is 10.6 Å². The number of carbonyl (C=O) groups excluding carboxylic acids is 1. The minimum atomic E-state index is -0.637. The van der Waals surface area contributed by atoms with Crippen LogP contribution in [0, 0.1) is 34.9 Å². The van der Waals surface area contributed by atoms with Crippen molar-refractivity contribution >= 4 is 23.2 Å². The molecule has 1 aromatic rings. The van der Waals surface area contributed by atoms with E-state index in [2.05, 4.69) is 15.9 Å². The number of hydrogen-bond acceptors (Lipinski definition) is 4. The highest BCUT2D eigenvalue weighted by atomic mass is 35.5. The largest absolute Gasteiger partial charge is 0.369 e. The minimum Gasteiger partial charge on any atom is -0.369 e. The fourth-order valence-corrected chi connectivity index (χ4v) is 4.69. The van der Waals surface area contributed by atoms with Crippen molar-refractivity contribution in [1.82, 2.24) is 4.90 Å². The van der Waals surface area contributed by atoms with Crippen LogP contribution in [0.1, 0.15) is 32.1 Å². The Morgan fingerprint density at radius 1 is 1.25 bits per heavy atom. The van der Waals surface area contributed by atoms with Crippen molar-refractivity contribution < 1.29 is 9.18 Å². The Kier molecular flexibility index (Phi) is 7.14. The number of benzene rings is 1. The van der Waals surface area contributed by atoms with Gasteiger partial charge in [0.1, 0.15) is 11.7 Å². The molecular formula is C21H28ClFN4O. The molecule has 0 radical (unpaired) electrons. The Balaban J connectivity index is 1.39. The molecule has 1 unspecified atom stereocenters. The topological polar surface area (TPSA) is 73.4 Å². The van der Waals surface area contributed by atoms with Gasteiger partial charge in [-0.2, -0.15) is 5.26 Å². The van der Waals surface area contributed by atoms with Crippen LogP contribution in [0.3, 0.4) is 0 Å². The van der Waals surface area contributed by atoms with Gasteiger partial charge in [-0.3, -0.25) is 9.69 Å². The van der Waals surface area contributed by atoms with Gasteiger partial charge < -0.3 is 10.6 Å². The number of hydrogen-bond donors (Lipinski definition) is 1. The maximum atomic E-state index is 14.1. The lowest BCUT2D eigenvalue weighted by Gasteiger charge is -2.37. The van der Waals surface area contributed by atoms with E-state index < -0.39 is 11.8 Å². The van der Waals surface area contributed by atoms with Crippen LogP contribution in [-0.2, 0) is 4.79 Å². The first-order valence-electron chi connectivity index (χ1n) is 10.1. The zero-order valence-electron chi connectivity index (χ0n) is 16.1. The molecule has 2 fully saturated rings. The first-order chi connectivity index (χ1) is 13.5. The van der Waals surface area contributed by atoms with Gasteiger partial charge in [0, 0.05) is 31.2 Å². The molecule has 5 nitrogen and oxygen atoms in total. The van der Waals surface area contributed by atoms with Crippen LogP contribution in [-0.4, -0.2) is 43.5 Å². The van der Waals surface area contributed by atoms with E-state index in [0.29, 0.717) is 16.6 Å². The van der Waals surface area contributed by atoms with Crippen molar-refractivity contribution in [3.05, 3.63) is 29.0 Å². The highest BCUT2D eigenvalue weighted by molar-refractivity contribution is 6.30. The zero-order valence-corrected chi connectivity index (χ0v) is 16.9. The number of rotatable bonds is 6. The van der Waals surface area contributed by atoms with Crippen molar-refractivity contribution in [3.8, 4) is 6.07 Å². The number of piperazine rings is 1. The third kappa shape index (κ3) is 5.15. The van der Waals surface area contributed by atoms with Gasteiger partial charge in [-0.25, -0.2) is 4.39 Å². The molecule has 0 bridgehead atoms. The number of carbonyl (C=O) groups is 1. The van der Waals surface area contributed by atoms with Crippen LogP contribution in [0.2, 0.25) is 5.02 Å². The third-order valence-corrected chi connectivity index (χ3v) is 6.52. The summed E-state index contributed by atoms with van der Waals surface area (Å²) in [5.74, 6) is -0.612. The minimum absolute atomic E-state index is 0.122. The van der Waals surface area contributed by atoms with Crippen LogP contribution >= 0.6 is 11.6 Å².